The van der Waals surface area contributed by atoms with Crippen LogP contribution in [0.1, 0.15) is 25.3 Å². The number of carbonyl (C=O) groups is 1. The normalized spacial score (nSPS) is 15.1. The molecule has 0 spiro atoms. The molecule has 0 aliphatic carbocycles. The third-order valence-corrected chi connectivity index (χ3v) is 4.41. The van der Waals surface area contributed by atoms with Gasteiger partial charge in [0.25, 0.3) is 5.97 Å². The quantitative estimate of drug-likeness (QED) is 0.917. The van der Waals surface area contributed by atoms with Crippen molar-refractivity contribution in [3.05, 3.63) is 66.2 Å². The Balaban J connectivity index is 0.000000511. The smallest absolute Gasteiger partial charge is 0.300 e. The van der Waals surface area contributed by atoms with Crippen LogP contribution < -0.4 is 4.90 Å². The van der Waals surface area contributed by atoms with Gasteiger partial charge in [0.1, 0.15) is 0 Å². The molecular weight excluding hydrogens is 312 g/mol. The molecular formula is C21H28N2O2. The number of carboxylic acid groups (broad SMARTS) is 1. The lowest BCUT2D eigenvalue weighted by Crippen LogP contribution is -2.43. The standard InChI is InChI=1S/C19H24N2.C2H4O2/c1-20-14-12-19(13-15-20)21(18-10-6-3-7-11-18)16-17-8-4-2-5-9-17;1-2(3)4/h2-11,19H,12-16H2,1H3;1H3,(H,3,4). The monoisotopic (exact) mass is 340 g/mol. The number of rotatable bonds is 4. The highest BCUT2D eigenvalue weighted by Crippen LogP contribution is 2.25. The van der Waals surface area contributed by atoms with Crippen molar-refractivity contribution < 1.29 is 9.90 Å². The van der Waals surface area contributed by atoms with Crippen molar-refractivity contribution in [2.75, 3.05) is 25.0 Å². The molecule has 0 amide bonds. The zero-order chi connectivity index (χ0) is 18.1. The fraction of sp³-hybridized carbons (Fsp3) is 0.381. The first kappa shape index (κ1) is 19.0. The summed E-state index contributed by atoms with van der Waals surface area (Å²) >= 11 is 0. The van der Waals surface area contributed by atoms with Crippen LogP contribution in [-0.2, 0) is 11.3 Å². The second-order valence-corrected chi connectivity index (χ2v) is 6.50. The number of aliphatic carboxylic acids is 1. The van der Waals surface area contributed by atoms with Gasteiger partial charge in [-0.05, 0) is 50.7 Å². The fourth-order valence-corrected chi connectivity index (χ4v) is 3.14. The van der Waals surface area contributed by atoms with Crippen LogP contribution in [0.5, 0.6) is 0 Å². The van der Waals surface area contributed by atoms with E-state index in [2.05, 4.69) is 77.5 Å². The maximum Gasteiger partial charge on any atom is 0.300 e. The van der Waals surface area contributed by atoms with Gasteiger partial charge in [-0.1, -0.05) is 48.5 Å². The minimum absolute atomic E-state index is 0.642. The van der Waals surface area contributed by atoms with Gasteiger partial charge in [0.2, 0.25) is 0 Å². The van der Waals surface area contributed by atoms with Crippen LogP contribution >= 0.6 is 0 Å². The van der Waals surface area contributed by atoms with Gasteiger partial charge in [0.15, 0.2) is 0 Å². The van der Waals surface area contributed by atoms with Crippen LogP contribution in [0.25, 0.3) is 0 Å². The van der Waals surface area contributed by atoms with Gasteiger partial charge >= 0.3 is 0 Å². The van der Waals surface area contributed by atoms with E-state index in [1.165, 1.54) is 37.2 Å². The number of benzene rings is 2. The Bertz CT molecular complexity index is 619. The average Bonchev–Trinajstić information content (AvgIpc) is 2.62. The minimum Gasteiger partial charge on any atom is -0.481 e. The van der Waals surface area contributed by atoms with Crippen molar-refractivity contribution in [1.29, 1.82) is 0 Å². The molecule has 0 unspecified atom stereocenters. The molecule has 0 radical (unpaired) electrons. The number of anilines is 1. The van der Waals surface area contributed by atoms with Crippen LogP contribution in [-0.4, -0.2) is 42.2 Å². The van der Waals surface area contributed by atoms with E-state index in [0.29, 0.717) is 6.04 Å². The predicted molar refractivity (Wildman–Crippen MR) is 103 cm³/mol. The number of likely N-dealkylation sites (tertiary alicyclic amines) is 1. The van der Waals surface area contributed by atoms with E-state index >= 15 is 0 Å². The largest absolute Gasteiger partial charge is 0.481 e. The predicted octanol–water partition coefficient (Wildman–Crippen LogP) is 3.88. The van der Waals surface area contributed by atoms with Crippen LogP contribution in [0.2, 0.25) is 0 Å². The van der Waals surface area contributed by atoms with Crippen LogP contribution in [0.15, 0.2) is 60.7 Å². The Morgan fingerprint density at radius 3 is 2.04 bits per heavy atom. The Kier molecular flexibility index (Phi) is 7.48. The first-order valence-electron chi connectivity index (χ1n) is 8.80. The first-order chi connectivity index (χ1) is 12.1. The van der Waals surface area contributed by atoms with E-state index in [4.69, 9.17) is 9.90 Å². The van der Waals surface area contributed by atoms with Crippen LogP contribution in [0.4, 0.5) is 5.69 Å². The number of carboxylic acids is 1. The molecule has 2 aromatic rings. The lowest BCUT2D eigenvalue weighted by Gasteiger charge is -2.39. The van der Waals surface area contributed by atoms with E-state index < -0.39 is 5.97 Å². The summed E-state index contributed by atoms with van der Waals surface area (Å²) in [7, 11) is 2.22. The molecule has 1 heterocycles. The van der Waals surface area contributed by atoms with E-state index in [1.807, 2.05) is 0 Å². The van der Waals surface area contributed by atoms with Gasteiger partial charge in [0.05, 0.1) is 0 Å². The maximum atomic E-state index is 9.00. The first-order valence-corrected chi connectivity index (χ1v) is 8.80. The molecule has 1 N–H and O–H groups in total. The highest BCUT2D eigenvalue weighted by atomic mass is 16.4. The molecule has 4 heteroatoms. The minimum atomic E-state index is -0.833. The molecule has 0 saturated carbocycles. The molecule has 1 aliphatic heterocycles. The fourth-order valence-electron chi connectivity index (χ4n) is 3.14. The molecule has 0 bridgehead atoms. The van der Waals surface area contributed by atoms with E-state index in [0.717, 1.165) is 13.5 Å². The molecule has 134 valence electrons. The lowest BCUT2D eigenvalue weighted by molar-refractivity contribution is -0.134. The van der Waals surface area contributed by atoms with Crippen molar-refractivity contribution in [1.82, 2.24) is 4.90 Å². The third kappa shape index (κ3) is 6.59. The molecule has 1 saturated heterocycles. The number of hydrogen-bond acceptors (Lipinski definition) is 3. The summed E-state index contributed by atoms with van der Waals surface area (Å²) in [5.74, 6) is -0.833. The second-order valence-electron chi connectivity index (χ2n) is 6.50. The summed E-state index contributed by atoms with van der Waals surface area (Å²) in [5.41, 5.74) is 2.73. The highest BCUT2D eigenvalue weighted by Gasteiger charge is 2.23. The zero-order valence-corrected chi connectivity index (χ0v) is 15.1. The topological polar surface area (TPSA) is 43.8 Å². The molecule has 1 aliphatic rings. The third-order valence-electron chi connectivity index (χ3n) is 4.41. The summed E-state index contributed by atoms with van der Waals surface area (Å²) in [6, 6.07) is 22.3. The van der Waals surface area contributed by atoms with Crippen LogP contribution in [0, 0.1) is 0 Å². The van der Waals surface area contributed by atoms with Gasteiger partial charge in [0, 0.05) is 25.2 Å². The van der Waals surface area contributed by atoms with Crippen molar-refractivity contribution in [3.8, 4) is 0 Å². The molecule has 1 fully saturated rings. The SMILES string of the molecule is CC(=O)O.CN1CCC(N(Cc2ccccc2)c2ccccc2)CC1. The average molecular weight is 340 g/mol. The molecule has 25 heavy (non-hydrogen) atoms. The van der Waals surface area contributed by atoms with E-state index in [-0.39, 0.29) is 0 Å². The van der Waals surface area contributed by atoms with Gasteiger partial charge in [-0.15, -0.1) is 0 Å². The van der Waals surface area contributed by atoms with E-state index in [1.54, 1.807) is 0 Å². The summed E-state index contributed by atoms with van der Waals surface area (Å²) < 4.78 is 0. The number of hydrogen-bond donors (Lipinski definition) is 1. The van der Waals surface area contributed by atoms with Crippen molar-refractivity contribution in [2.45, 2.75) is 32.4 Å². The van der Waals surface area contributed by atoms with E-state index in [9.17, 15) is 0 Å². The van der Waals surface area contributed by atoms with Crippen molar-refractivity contribution >= 4 is 11.7 Å². The van der Waals surface area contributed by atoms with Crippen molar-refractivity contribution in [3.63, 3.8) is 0 Å². The van der Waals surface area contributed by atoms with Crippen LogP contribution in [0.3, 0.4) is 0 Å². The number of nitrogens with zero attached hydrogens (tertiary/aromatic N) is 2. The molecule has 2 aromatic carbocycles. The summed E-state index contributed by atoms with van der Waals surface area (Å²) in [6.07, 6.45) is 2.50. The van der Waals surface area contributed by atoms with Gasteiger partial charge in [-0.3, -0.25) is 4.79 Å². The summed E-state index contributed by atoms with van der Waals surface area (Å²) in [6.45, 7) is 4.48. The zero-order valence-electron chi connectivity index (χ0n) is 15.1. The second kappa shape index (κ2) is 9.84. The summed E-state index contributed by atoms with van der Waals surface area (Å²) in [5, 5.41) is 7.42. The molecule has 0 atom stereocenters. The molecule has 4 nitrogen and oxygen atoms in total. The van der Waals surface area contributed by atoms with Gasteiger partial charge < -0.3 is 14.9 Å². The van der Waals surface area contributed by atoms with Gasteiger partial charge in [-0.2, -0.15) is 0 Å². The molecule has 0 aromatic heterocycles. The molecule has 3 rings (SSSR count). The maximum absolute atomic E-state index is 9.00. The summed E-state index contributed by atoms with van der Waals surface area (Å²) in [4.78, 5) is 14.0. The highest BCUT2D eigenvalue weighted by molar-refractivity contribution is 5.62. The Morgan fingerprint density at radius 1 is 1.04 bits per heavy atom. The lowest BCUT2D eigenvalue weighted by atomic mass is 10.0. The Hall–Kier alpha value is -2.33. The Morgan fingerprint density at radius 2 is 1.52 bits per heavy atom. The number of piperidine rings is 1. The van der Waals surface area contributed by atoms with Gasteiger partial charge in [-0.25, -0.2) is 0 Å². The Labute approximate surface area is 150 Å². The number of para-hydroxylation sites is 1. The van der Waals surface area contributed by atoms with Crippen molar-refractivity contribution in [2.24, 2.45) is 0 Å².